The SMILES string of the molecule is O=[C]Nc1nccc2c1[nH]c1ccccc12. The van der Waals surface area contributed by atoms with E-state index in [9.17, 15) is 4.79 Å². The van der Waals surface area contributed by atoms with Crippen LogP contribution in [0.5, 0.6) is 0 Å². The first-order chi connectivity index (χ1) is 7.90. The Bertz CT molecular complexity index is 672. The van der Waals surface area contributed by atoms with E-state index in [2.05, 4.69) is 15.3 Å². The van der Waals surface area contributed by atoms with Gasteiger partial charge in [0, 0.05) is 22.5 Å². The molecule has 2 N–H and O–H groups in total. The molecule has 16 heavy (non-hydrogen) atoms. The number of fused-ring (bicyclic) bond motifs is 3. The van der Waals surface area contributed by atoms with Crippen molar-refractivity contribution in [2.75, 3.05) is 5.32 Å². The second-order valence-electron chi connectivity index (χ2n) is 3.48. The maximum absolute atomic E-state index is 10.3. The predicted molar refractivity (Wildman–Crippen MR) is 62.9 cm³/mol. The van der Waals surface area contributed by atoms with Crippen LogP contribution >= 0.6 is 0 Å². The van der Waals surface area contributed by atoms with Gasteiger partial charge in [-0.15, -0.1) is 0 Å². The highest BCUT2D eigenvalue weighted by Gasteiger charge is 2.07. The van der Waals surface area contributed by atoms with E-state index in [1.165, 1.54) is 0 Å². The summed E-state index contributed by atoms with van der Waals surface area (Å²) in [4.78, 5) is 17.7. The van der Waals surface area contributed by atoms with Gasteiger partial charge in [0.25, 0.3) is 0 Å². The van der Waals surface area contributed by atoms with E-state index in [0.717, 1.165) is 21.8 Å². The lowest BCUT2D eigenvalue weighted by atomic mass is 10.2. The molecule has 1 radical (unpaired) electrons. The number of amides is 1. The van der Waals surface area contributed by atoms with Crippen molar-refractivity contribution in [3.8, 4) is 0 Å². The zero-order chi connectivity index (χ0) is 11.0. The average molecular weight is 210 g/mol. The molecule has 0 unspecified atom stereocenters. The lowest BCUT2D eigenvalue weighted by Gasteiger charge is -1.97. The first-order valence-corrected chi connectivity index (χ1v) is 4.89. The van der Waals surface area contributed by atoms with Gasteiger partial charge in [0.05, 0.1) is 5.52 Å². The van der Waals surface area contributed by atoms with Gasteiger partial charge in [-0.25, -0.2) is 4.98 Å². The maximum atomic E-state index is 10.3. The Kier molecular flexibility index (Phi) is 1.86. The number of nitrogens with zero attached hydrogens (tertiary/aromatic N) is 1. The Morgan fingerprint density at radius 3 is 2.94 bits per heavy atom. The van der Waals surface area contributed by atoms with Crippen molar-refractivity contribution in [2.45, 2.75) is 0 Å². The molecule has 0 bridgehead atoms. The second-order valence-corrected chi connectivity index (χ2v) is 3.48. The highest BCUT2D eigenvalue weighted by atomic mass is 16.1. The molecule has 1 amide bonds. The minimum Gasteiger partial charge on any atom is -0.351 e. The van der Waals surface area contributed by atoms with Crippen LogP contribution in [0.25, 0.3) is 21.8 Å². The molecule has 3 rings (SSSR count). The number of hydrogen-bond acceptors (Lipinski definition) is 2. The van der Waals surface area contributed by atoms with Crippen molar-refractivity contribution in [1.29, 1.82) is 0 Å². The third-order valence-corrected chi connectivity index (χ3v) is 2.60. The summed E-state index contributed by atoms with van der Waals surface area (Å²) in [6.45, 7) is 0. The quantitative estimate of drug-likeness (QED) is 0.637. The molecule has 0 spiro atoms. The second kappa shape index (κ2) is 3.34. The number of para-hydroxylation sites is 1. The highest BCUT2D eigenvalue weighted by Crippen LogP contribution is 2.28. The normalized spacial score (nSPS) is 10.8. The van der Waals surface area contributed by atoms with Crippen molar-refractivity contribution < 1.29 is 4.79 Å². The number of aromatic nitrogens is 2. The molecule has 0 saturated carbocycles. The van der Waals surface area contributed by atoms with E-state index in [1.54, 1.807) is 12.6 Å². The van der Waals surface area contributed by atoms with Crippen LogP contribution in [-0.4, -0.2) is 16.4 Å². The Hall–Kier alpha value is -2.36. The first kappa shape index (κ1) is 8.91. The third-order valence-electron chi connectivity index (χ3n) is 2.60. The Morgan fingerprint density at radius 1 is 1.19 bits per heavy atom. The van der Waals surface area contributed by atoms with Crippen LogP contribution < -0.4 is 5.32 Å². The molecule has 0 fully saturated rings. The molecule has 2 heterocycles. The van der Waals surface area contributed by atoms with Crippen molar-refractivity contribution in [3.63, 3.8) is 0 Å². The van der Waals surface area contributed by atoms with E-state index in [-0.39, 0.29) is 0 Å². The predicted octanol–water partition coefficient (Wildman–Crippen LogP) is 2.20. The van der Waals surface area contributed by atoms with Crippen LogP contribution in [0, 0.1) is 0 Å². The molecule has 1 aromatic carbocycles. The van der Waals surface area contributed by atoms with Gasteiger partial charge in [-0.05, 0) is 12.1 Å². The van der Waals surface area contributed by atoms with Gasteiger partial charge in [0.2, 0.25) is 0 Å². The van der Waals surface area contributed by atoms with Gasteiger partial charge < -0.3 is 10.3 Å². The molecule has 3 aromatic rings. The summed E-state index contributed by atoms with van der Waals surface area (Å²) >= 11 is 0. The van der Waals surface area contributed by atoms with E-state index < -0.39 is 0 Å². The number of H-pyrrole nitrogens is 1. The van der Waals surface area contributed by atoms with E-state index in [4.69, 9.17) is 0 Å². The summed E-state index contributed by atoms with van der Waals surface area (Å²) in [7, 11) is 0. The smallest absolute Gasteiger partial charge is 0.315 e. The molecular formula is C12H8N3O. The van der Waals surface area contributed by atoms with Crippen molar-refractivity contribution in [2.24, 2.45) is 0 Å². The molecular weight excluding hydrogens is 202 g/mol. The molecule has 0 aliphatic carbocycles. The number of carbonyl (C=O) groups excluding carboxylic acids is 1. The Labute approximate surface area is 91.3 Å². The van der Waals surface area contributed by atoms with Crippen LogP contribution in [0.4, 0.5) is 5.82 Å². The first-order valence-electron chi connectivity index (χ1n) is 4.89. The molecule has 0 atom stereocenters. The van der Waals surface area contributed by atoms with Crippen LogP contribution in [-0.2, 0) is 4.79 Å². The largest absolute Gasteiger partial charge is 0.351 e. The number of anilines is 1. The van der Waals surface area contributed by atoms with E-state index in [1.807, 2.05) is 30.3 Å². The highest BCUT2D eigenvalue weighted by molar-refractivity contribution is 6.11. The minimum absolute atomic E-state index is 0.503. The fourth-order valence-electron chi connectivity index (χ4n) is 1.92. The molecule has 4 heteroatoms. The van der Waals surface area contributed by atoms with Gasteiger partial charge in [-0.2, -0.15) is 0 Å². The van der Waals surface area contributed by atoms with Crippen molar-refractivity contribution in [3.05, 3.63) is 36.5 Å². The third kappa shape index (κ3) is 1.16. The van der Waals surface area contributed by atoms with Crippen LogP contribution in [0.3, 0.4) is 0 Å². The zero-order valence-corrected chi connectivity index (χ0v) is 8.32. The molecule has 0 aliphatic heterocycles. The summed E-state index contributed by atoms with van der Waals surface area (Å²) in [6, 6.07) is 9.88. The molecule has 2 aromatic heterocycles. The summed E-state index contributed by atoms with van der Waals surface area (Å²) in [5.41, 5.74) is 1.85. The minimum atomic E-state index is 0.503. The summed E-state index contributed by atoms with van der Waals surface area (Å²) in [6.07, 6.45) is 3.31. The van der Waals surface area contributed by atoms with Gasteiger partial charge >= 0.3 is 6.41 Å². The number of hydrogen-bond donors (Lipinski definition) is 2. The molecule has 4 nitrogen and oxygen atoms in total. The fourth-order valence-corrected chi connectivity index (χ4v) is 1.92. The van der Waals surface area contributed by atoms with Crippen molar-refractivity contribution in [1.82, 2.24) is 9.97 Å². The van der Waals surface area contributed by atoms with E-state index >= 15 is 0 Å². The average Bonchev–Trinajstić information content (AvgIpc) is 2.69. The molecule has 0 saturated heterocycles. The van der Waals surface area contributed by atoms with Crippen LogP contribution in [0.2, 0.25) is 0 Å². The van der Waals surface area contributed by atoms with Gasteiger partial charge in [0.15, 0.2) is 5.82 Å². The van der Waals surface area contributed by atoms with Gasteiger partial charge in [0.1, 0.15) is 0 Å². The Balaban J connectivity index is 2.43. The number of rotatable bonds is 2. The molecule has 77 valence electrons. The Morgan fingerprint density at radius 2 is 2.06 bits per heavy atom. The van der Waals surface area contributed by atoms with Crippen LogP contribution in [0.1, 0.15) is 0 Å². The van der Waals surface area contributed by atoms with E-state index in [0.29, 0.717) is 5.82 Å². The zero-order valence-electron chi connectivity index (χ0n) is 8.32. The number of benzene rings is 1. The number of aromatic amines is 1. The standard InChI is InChI=1S/C12H8N3O/c16-7-14-12-11-9(5-6-13-12)8-3-1-2-4-10(8)15-11/h1-6,15H,(H,13,14,16). The molecule has 0 aliphatic rings. The summed E-state index contributed by atoms with van der Waals surface area (Å²) in [5, 5.41) is 4.63. The lowest BCUT2D eigenvalue weighted by Crippen LogP contribution is -1.96. The van der Waals surface area contributed by atoms with Gasteiger partial charge in [-0.1, -0.05) is 18.2 Å². The lowest BCUT2D eigenvalue weighted by molar-refractivity contribution is 0.561. The monoisotopic (exact) mass is 210 g/mol. The van der Waals surface area contributed by atoms with Crippen molar-refractivity contribution >= 4 is 34.0 Å². The fraction of sp³-hybridized carbons (Fsp3) is 0. The van der Waals surface area contributed by atoms with Gasteiger partial charge in [-0.3, -0.25) is 4.79 Å². The maximum Gasteiger partial charge on any atom is 0.315 e. The summed E-state index contributed by atoms with van der Waals surface area (Å²) in [5.74, 6) is 0.503. The number of nitrogens with one attached hydrogen (secondary N) is 2. The summed E-state index contributed by atoms with van der Waals surface area (Å²) < 4.78 is 0. The number of pyridine rings is 1. The van der Waals surface area contributed by atoms with Crippen LogP contribution in [0.15, 0.2) is 36.5 Å². The topological polar surface area (TPSA) is 57.8 Å².